The number of hydrogen-bond acceptors (Lipinski definition) is 13. The fourth-order valence-corrected chi connectivity index (χ4v) is 8.10. The molecule has 0 saturated carbocycles. The SMILES string of the molecule is COc1ccc(CN(Cc2ccc(OC)cc2)c2ncc(-c3nc(N4CCOCC4)nc4c3CCN4c3cccc(CCC(=O)N4CCN(C(=O)OC(C)(C)C)CC4)c3)cn2)cc1. The number of piperazine rings is 1. The van der Waals surface area contributed by atoms with E-state index in [1.165, 1.54) is 0 Å². The molecule has 8 rings (SSSR count). The highest BCUT2D eigenvalue weighted by molar-refractivity contribution is 5.78. The number of nitrogens with zero attached hydrogens (tertiary/aromatic N) is 9. The van der Waals surface area contributed by atoms with Crippen LogP contribution in [0.25, 0.3) is 11.3 Å². The molecule has 0 bridgehead atoms. The van der Waals surface area contributed by atoms with Gasteiger partial charge >= 0.3 is 6.09 Å². The van der Waals surface area contributed by atoms with Crippen LogP contribution in [0.3, 0.4) is 0 Å². The first-order valence-electron chi connectivity index (χ1n) is 21.7. The Kier molecular flexibility index (Phi) is 13.2. The van der Waals surface area contributed by atoms with Crippen LogP contribution in [0.4, 0.5) is 28.2 Å². The second-order valence-electron chi connectivity index (χ2n) is 17.0. The predicted molar refractivity (Wildman–Crippen MR) is 242 cm³/mol. The summed E-state index contributed by atoms with van der Waals surface area (Å²) >= 11 is 0. The summed E-state index contributed by atoms with van der Waals surface area (Å²) < 4.78 is 22.0. The first-order chi connectivity index (χ1) is 30.5. The first-order valence-corrected chi connectivity index (χ1v) is 21.7. The number of rotatable bonds is 13. The van der Waals surface area contributed by atoms with Crippen LogP contribution in [0.5, 0.6) is 11.5 Å². The molecule has 15 heteroatoms. The molecule has 3 aliphatic heterocycles. The van der Waals surface area contributed by atoms with Gasteiger partial charge < -0.3 is 43.4 Å². The smallest absolute Gasteiger partial charge is 0.410 e. The standard InChI is InChI=1S/C48H57N9O6/c1-48(2,3)63-47(59)55-23-21-53(22-24-55)42(58)18-13-34-7-6-8-38(29-34)57-20-19-41-43(51-46(52-44(41)57)54-25-27-62-28-26-54)37-30-49-45(50-31-37)56(32-35-9-14-39(60-4)15-10-35)33-36-11-16-40(61-5)17-12-36/h6-12,14-17,29-31H,13,18-28,32-33H2,1-5H3. The normalized spacial score (nSPS) is 15.3. The van der Waals surface area contributed by atoms with Gasteiger partial charge in [0.1, 0.15) is 22.9 Å². The molecule has 0 N–H and O–H groups in total. The Balaban J connectivity index is 1.01. The number of ether oxygens (including phenoxy) is 4. The van der Waals surface area contributed by atoms with Crippen LogP contribution in [0.1, 0.15) is 49.4 Å². The van der Waals surface area contributed by atoms with Crippen molar-refractivity contribution in [1.82, 2.24) is 29.7 Å². The molecule has 3 aliphatic rings. The lowest BCUT2D eigenvalue weighted by Gasteiger charge is -2.35. The zero-order valence-electron chi connectivity index (χ0n) is 37.0. The van der Waals surface area contributed by atoms with Crippen molar-refractivity contribution in [2.45, 2.75) is 58.7 Å². The number of anilines is 4. The van der Waals surface area contributed by atoms with Gasteiger partial charge in [-0.3, -0.25) is 4.79 Å². The second kappa shape index (κ2) is 19.3. The Hall–Kier alpha value is -6.48. The summed E-state index contributed by atoms with van der Waals surface area (Å²) in [7, 11) is 3.34. The average molecular weight is 856 g/mol. The Bertz CT molecular complexity index is 2290. The molecule has 15 nitrogen and oxygen atoms in total. The fourth-order valence-electron chi connectivity index (χ4n) is 8.10. The third kappa shape index (κ3) is 10.6. The quantitative estimate of drug-likeness (QED) is 0.124. The summed E-state index contributed by atoms with van der Waals surface area (Å²) in [5.41, 5.74) is 6.42. The molecule has 5 heterocycles. The van der Waals surface area contributed by atoms with Crippen molar-refractivity contribution < 1.29 is 28.5 Å². The third-order valence-corrected chi connectivity index (χ3v) is 11.5. The zero-order valence-corrected chi connectivity index (χ0v) is 37.0. The van der Waals surface area contributed by atoms with E-state index < -0.39 is 5.60 Å². The lowest BCUT2D eigenvalue weighted by atomic mass is 10.1. The van der Waals surface area contributed by atoms with Gasteiger partial charge in [0, 0.05) is 94.5 Å². The van der Waals surface area contributed by atoms with Gasteiger partial charge in [-0.05, 0) is 86.7 Å². The molecule has 0 radical (unpaired) electrons. The van der Waals surface area contributed by atoms with Gasteiger partial charge in [-0.15, -0.1) is 0 Å². The summed E-state index contributed by atoms with van der Waals surface area (Å²) in [6.07, 6.45) is 5.15. The molecule has 2 fully saturated rings. The highest BCUT2D eigenvalue weighted by Gasteiger charge is 2.31. The minimum absolute atomic E-state index is 0.0844. The number of aryl methyl sites for hydroxylation is 1. The largest absolute Gasteiger partial charge is 0.497 e. The molecule has 2 aromatic heterocycles. The highest BCUT2D eigenvalue weighted by atomic mass is 16.6. The van der Waals surface area contributed by atoms with Gasteiger partial charge in [-0.1, -0.05) is 36.4 Å². The van der Waals surface area contributed by atoms with Crippen LogP contribution in [0.2, 0.25) is 0 Å². The van der Waals surface area contributed by atoms with E-state index in [0.717, 1.165) is 69.5 Å². The number of fused-ring (bicyclic) bond motifs is 1. The minimum Gasteiger partial charge on any atom is -0.497 e. The number of aromatic nitrogens is 4. The maximum Gasteiger partial charge on any atom is 0.410 e. The van der Waals surface area contributed by atoms with Gasteiger partial charge in [-0.25, -0.2) is 19.7 Å². The Morgan fingerprint density at radius 1 is 0.746 bits per heavy atom. The molecule has 2 amide bonds. The molecule has 330 valence electrons. The second-order valence-corrected chi connectivity index (χ2v) is 17.0. The highest BCUT2D eigenvalue weighted by Crippen LogP contribution is 2.40. The molecule has 0 atom stereocenters. The van der Waals surface area contributed by atoms with Crippen LogP contribution >= 0.6 is 0 Å². The van der Waals surface area contributed by atoms with E-state index >= 15 is 0 Å². The number of amides is 2. The topological polar surface area (TPSA) is 139 Å². The van der Waals surface area contributed by atoms with Gasteiger partial charge in [0.2, 0.25) is 17.8 Å². The first kappa shape index (κ1) is 43.2. The van der Waals surface area contributed by atoms with E-state index in [0.29, 0.717) is 90.3 Å². The van der Waals surface area contributed by atoms with Crippen molar-refractivity contribution in [3.05, 3.63) is 107 Å². The molecule has 0 unspecified atom stereocenters. The van der Waals surface area contributed by atoms with E-state index in [1.807, 2.05) is 68.4 Å². The van der Waals surface area contributed by atoms with Gasteiger partial charge in [-0.2, -0.15) is 4.98 Å². The third-order valence-electron chi connectivity index (χ3n) is 11.5. The van der Waals surface area contributed by atoms with E-state index in [4.69, 9.17) is 38.9 Å². The van der Waals surface area contributed by atoms with Crippen LogP contribution in [0.15, 0.2) is 85.2 Å². The number of methoxy groups -OCH3 is 2. The summed E-state index contributed by atoms with van der Waals surface area (Å²) in [6.45, 7) is 12.0. The monoisotopic (exact) mass is 855 g/mol. The zero-order chi connectivity index (χ0) is 43.9. The molecule has 0 aliphatic carbocycles. The molecular weight excluding hydrogens is 799 g/mol. The van der Waals surface area contributed by atoms with Crippen molar-refractivity contribution in [3.8, 4) is 22.8 Å². The van der Waals surface area contributed by atoms with Crippen molar-refractivity contribution in [2.75, 3.05) is 87.9 Å². The molecule has 5 aromatic rings. The minimum atomic E-state index is -0.556. The summed E-state index contributed by atoms with van der Waals surface area (Å²) in [4.78, 5) is 56.3. The van der Waals surface area contributed by atoms with Crippen LogP contribution < -0.4 is 24.2 Å². The summed E-state index contributed by atoms with van der Waals surface area (Å²) in [6, 6.07) is 24.5. The van der Waals surface area contributed by atoms with Crippen LogP contribution in [0, 0.1) is 0 Å². The Morgan fingerprint density at radius 3 is 1.97 bits per heavy atom. The van der Waals surface area contributed by atoms with Crippen molar-refractivity contribution >= 4 is 35.4 Å². The van der Waals surface area contributed by atoms with Crippen molar-refractivity contribution in [2.24, 2.45) is 0 Å². The van der Waals surface area contributed by atoms with Gasteiger partial charge in [0.25, 0.3) is 0 Å². The number of morpholine rings is 1. The Labute approximate surface area is 369 Å². The molecular formula is C48H57N9O6. The maximum atomic E-state index is 13.3. The van der Waals surface area contributed by atoms with E-state index in [1.54, 1.807) is 19.1 Å². The lowest BCUT2D eigenvalue weighted by molar-refractivity contribution is -0.132. The lowest BCUT2D eigenvalue weighted by Crippen LogP contribution is -2.51. The molecule has 2 saturated heterocycles. The fraction of sp³-hybridized carbons (Fsp3) is 0.417. The van der Waals surface area contributed by atoms with Crippen LogP contribution in [-0.2, 0) is 40.2 Å². The Morgan fingerprint density at radius 2 is 1.37 bits per heavy atom. The van der Waals surface area contributed by atoms with Crippen molar-refractivity contribution in [3.63, 3.8) is 0 Å². The maximum absolute atomic E-state index is 13.3. The molecule has 0 spiro atoms. The van der Waals surface area contributed by atoms with E-state index in [-0.39, 0.29) is 12.0 Å². The number of carbonyl (C=O) groups excluding carboxylic acids is 2. The molecule has 63 heavy (non-hydrogen) atoms. The predicted octanol–water partition coefficient (Wildman–Crippen LogP) is 6.70. The van der Waals surface area contributed by atoms with Gasteiger partial charge in [0.15, 0.2) is 0 Å². The van der Waals surface area contributed by atoms with E-state index in [2.05, 4.69) is 57.2 Å². The number of benzene rings is 3. The van der Waals surface area contributed by atoms with Gasteiger partial charge in [0.05, 0.1) is 33.1 Å². The average Bonchev–Trinajstić information content (AvgIpc) is 3.75. The van der Waals surface area contributed by atoms with Crippen molar-refractivity contribution in [1.29, 1.82) is 0 Å². The number of carbonyl (C=O) groups is 2. The van der Waals surface area contributed by atoms with E-state index in [9.17, 15) is 9.59 Å². The number of hydrogen-bond donors (Lipinski definition) is 0. The molecule has 3 aromatic carbocycles. The summed E-state index contributed by atoms with van der Waals surface area (Å²) in [5, 5.41) is 0. The summed E-state index contributed by atoms with van der Waals surface area (Å²) in [5.74, 6) is 3.81. The van der Waals surface area contributed by atoms with Crippen LogP contribution in [-0.4, -0.2) is 121 Å².